The summed E-state index contributed by atoms with van der Waals surface area (Å²) in [5, 5.41) is 10.8. The van der Waals surface area contributed by atoms with Crippen LogP contribution in [-0.2, 0) is 0 Å². The number of ketones is 1. The number of rotatable bonds is 4. The third kappa shape index (κ3) is 2.69. The van der Waals surface area contributed by atoms with Crippen LogP contribution in [0.2, 0.25) is 0 Å². The largest absolute Gasteiger partial charge is 0.494 e. The number of halogens is 1. The highest BCUT2D eigenvalue weighted by atomic mass is 127. The molecular weight excluding hydrogens is 325 g/mol. The minimum absolute atomic E-state index is 0.100. The molecule has 6 heteroatoms. The minimum Gasteiger partial charge on any atom is -0.494 e. The first-order valence-electron chi connectivity index (χ1n) is 4.59. The summed E-state index contributed by atoms with van der Waals surface area (Å²) in [5.74, 6) is 0.133. The molecule has 0 saturated heterocycles. The topological polar surface area (TPSA) is 69.4 Å². The van der Waals surface area contributed by atoms with Gasteiger partial charge in [0, 0.05) is 5.56 Å². The average molecular weight is 335 g/mol. The molecule has 1 rings (SSSR count). The maximum Gasteiger partial charge on any atom is 0.287 e. The highest BCUT2D eigenvalue weighted by molar-refractivity contribution is 14.1. The molecule has 0 aliphatic heterocycles. The lowest BCUT2D eigenvalue weighted by Gasteiger charge is -2.07. The van der Waals surface area contributed by atoms with Gasteiger partial charge in [0.2, 0.25) is 0 Å². The summed E-state index contributed by atoms with van der Waals surface area (Å²) in [7, 11) is 0. The zero-order valence-corrected chi connectivity index (χ0v) is 11.0. The molecule has 0 aliphatic rings. The van der Waals surface area contributed by atoms with Crippen LogP contribution in [0.3, 0.4) is 0 Å². The van der Waals surface area contributed by atoms with Crippen LogP contribution in [0, 0.1) is 13.7 Å². The molecule has 1 aromatic carbocycles. The number of nitro benzene ring substituents is 1. The standard InChI is InChI=1S/C10H10INO4/c1-3-16-7-4-8(6(2)13)10(11)9(5-7)12(14)15/h4-5H,3H2,1-2H3. The molecule has 0 atom stereocenters. The van der Waals surface area contributed by atoms with Crippen molar-refractivity contribution in [3.63, 3.8) is 0 Å². The van der Waals surface area contributed by atoms with E-state index < -0.39 is 4.92 Å². The molecule has 0 saturated carbocycles. The van der Waals surface area contributed by atoms with Gasteiger partial charge in [-0.2, -0.15) is 0 Å². The van der Waals surface area contributed by atoms with Crippen molar-refractivity contribution in [3.8, 4) is 5.75 Å². The maximum absolute atomic E-state index is 11.3. The minimum atomic E-state index is -0.517. The van der Waals surface area contributed by atoms with Gasteiger partial charge >= 0.3 is 0 Å². The van der Waals surface area contributed by atoms with Crippen molar-refractivity contribution in [2.75, 3.05) is 6.61 Å². The molecule has 0 bridgehead atoms. The fraction of sp³-hybridized carbons (Fsp3) is 0.300. The summed E-state index contributed by atoms with van der Waals surface area (Å²) in [6, 6.07) is 2.86. The highest BCUT2D eigenvalue weighted by Gasteiger charge is 2.20. The summed E-state index contributed by atoms with van der Waals surface area (Å²) >= 11 is 1.80. The lowest BCUT2D eigenvalue weighted by Crippen LogP contribution is -2.03. The van der Waals surface area contributed by atoms with Crippen LogP contribution in [0.5, 0.6) is 5.75 Å². The maximum atomic E-state index is 11.3. The van der Waals surface area contributed by atoms with Crippen LogP contribution >= 0.6 is 22.6 Å². The summed E-state index contributed by atoms with van der Waals surface area (Å²) in [5.41, 5.74) is 0.218. The number of hydrogen-bond acceptors (Lipinski definition) is 4. The van der Waals surface area contributed by atoms with E-state index in [-0.39, 0.29) is 11.5 Å². The smallest absolute Gasteiger partial charge is 0.287 e. The monoisotopic (exact) mass is 335 g/mol. The van der Waals surface area contributed by atoms with Crippen LogP contribution in [0.25, 0.3) is 0 Å². The molecule has 0 spiro atoms. The highest BCUT2D eigenvalue weighted by Crippen LogP contribution is 2.30. The second-order valence-electron chi connectivity index (χ2n) is 3.05. The van der Waals surface area contributed by atoms with Gasteiger partial charge in [0.15, 0.2) is 5.78 Å². The van der Waals surface area contributed by atoms with Gasteiger partial charge < -0.3 is 4.74 Å². The molecule has 1 aromatic rings. The quantitative estimate of drug-likeness (QED) is 0.367. The van der Waals surface area contributed by atoms with Crippen molar-refractivity contribution < 1.29 is 14.5 Å². The van der Waals surface area contributed by atoms with E-state index in [4.69, 9.17) is 4.74 Å². The average Bonchev–Trinajstić information content (AvgIpc) is 2.19. The Morgan fingerprint density at radius 1 is 1.56 bits per heavy atom. The van der Waals surface area contributed by atoms with Crippen molar-refractivity contribution in [3.05, 3.63) is 31.4 Å². The Morgan fingerprint density at radius 3 is 2.62 bits per heavy atom. The van der Waals surface area contributed by atoms with Gasteiger partial charge in [-0.05, 0) is 42.5 Å². The Labute approximate surface area is 106 Å². The first-order valence-corrected chi connectivity index (χ1v) is 5.67. The zero-order chi connectivity index (χ0) is 12.3. The third-order valence-electron chi connectivity index (χ3n) is 1.91. The number of carbonyl (C=O) groups excluding carboxylic acids is 1. The Bertz CT molecular complexity index is 409. The van der Waals surface area contributed by atoms with Gasteiger partial charge in [-0.25, -0.2) is 0 Å². The number of hydrogen-bond donors (Lipinski definition) is 0. The molecule has 0 fully saturated rings. The van der Waals surface area contributed by atoms with Gasteiger partial charge in [0.25, 0.3) is 5.69 Å². The first-order chi connectivity index (χ1) is 7.47. The van der Waals surface area contributed by atoms with E-state index in [2.05, 4.69) is 0 Å². The summed E-state index contributed by atoms with van der Waals surface area (Å²) in [4.78, 5) is 21.6. The van der Waals surface area contributed by atoms with E-state index in [9.17, 15) is 14.9 Å². The molecule has 0 radical (unpaired) electrons. The number of nitro groups is 1. The van der Waals surface area contributed by atoms with E-state index in [0.717, 1.165) is 0 Å². The third-order valence-corrected chi connectivity index (χ3v) is 3.05. The van der Waals surface area contributed by atoms with Crippen molar-refractivity contribution in [2.24, 2.45) is 0 Å². The van der Waals surface area contributed by atoms with Crippen LogP contribution in [0.15, 0.2) is 12.1 Å². The number of nitrogens with zero attached hydrogens (tertiary/aromatic N) is 1. The summed E-state index contributed by atoms with van der Waals surface area (Å²) in [6.07, 6.45) is 0. The summed E-state index contributed by atoms with van der Waals surface area (Å²) in [6.45, 7) is 3.54. The van der Waals surface area contributed by atoms with Crippen LogP contribution in [-0.4, -0.2) is 17.3 Å². The molecule has 0 aromatic heterocycles. The van der Waals surface area contributed by atoms with E-state index >= 15 is 0 Å². The molecular formula is C10H10INO4. The van der Waals surface area contributed by atoms with E-state index in [1.807, 2.05) is 0 Å². The Morgan fingerprint density at radius 2 is 2.19 bits per heavy atom. The van der Waals surface area contributed by atoms with Gasteiger partial charge in [-0.15, -0.1) is 0 Å². The SMILES string of the molecule is CCOc1cc(C(C)=O)c(I)c([N+](=O)[O-])c1. The number of ether oxygens (including phenoxy) is 1. The molecule has 0 N–H and O–H groups in total. The lowest BCUT2D eigenvalue weighted by atomic mass is 10.1. The van der Waals surface area contributed by atoms with Crippen molar-refractivity contribution in [2.45, 2.75) is 13.8 Å². The normalized spacial score (nSPS) is 9.94. The lowest BCUT2D eigenvalue weighted by molar-refractivity contribution is -0.385. The fourth-order valence-electron chi connectivity index (χ4n) is 1.22. The molecule has 0 aliphatic carbocycles. The van der Waals surface area contributed by atoms with Crippen LogP contribution < -0.4 is 4.74 Å². The molecule has 0 amide bonds. The van der Waals surface area contributed by atoms with Crippen molar-refractivity contribution in [1.82, 2.24) is 0 Å². The summed E-state index contributed by atoms with van der Waals surface area (Å²) < 4.78 is 5.53. The number of carbonyl (C=O) groups is 1. The van der Waals surface area contributed by atoms with E-state index in [1.165, 1.54) is 19.1 Å². The molecule has 0 heterocycles. The molecule has 16 heavy (non-hydrogen) atoms. The predicted molar refractivity (Wildman–Crippen MR) is 67.0 cm³/mol. The molecule has 86 valence electrons. The first kappa shape index (κ1) is 12.9. The van der Waals surface area contributed by atoms with Crippen molar-refractivity contribution >= 4 is 34.1 Å². The fourth-order valence-corrected chi connectivity index (χ4v) is 2.11. The van der Waals surface area contributed by atoms with Crippen LogP contribution in [0.4, 0.5) is 5.69 Å². The Hall–Kier alpha value is -1.18. The number of benzene rings is 1. The van der Waals surface area contributed by atoms with Crippen molar-refractivity contribution in [1.29, 1.82) is 0 Å². The second-order valence-corrected chi connectivity index (χ2v) is 4.13. The van der Waals surface area contributed by atoms with E-state index in [1.54, 1.807) is 29.5 Å². The molecule has 0 unspecified atom stereocenters. The predicted octanol–water partition coefficient (Wildman–Crippen LogP) is 2.80. The second kappa shape index (κ2) is 5.24. The van der Waals surface area contributed by atoms with Gasteiger partial charge in [-0.1, -0.05) is 0 Å². The van der Waals surface area contributed by atoms with Gasteiger partial charge in [-0.3, -0.25) is 14.9 Å². The number of Topliss-reactive ketones (excluding diaryl/α,β-unsaturated/α-hetero) is 1. The van der Waals surface area contributed by atoms with Gasteiger partial charge in [0.05, 0.1) is 17.6 Å². The van der Waals surface area contributed by atoms with E-state index in [0.29, 0.717) is 21.5 Å². The Kier molecular flexibility index (Phi) is 4.22. The Balaban J connectivity index is 3.38. The van der Waals surface area contributed by atoms with Gasteiger partial charge in [0.1, 0.15) is 9.32 Å². The molecule has 5 nitrogen and oxygen atoms in total. The van der Waals surface area contributed by atoms with Crippen LogP contribution in [0.1, 0.15) is 24.2 Å². The zero-order valence-electron chi connectivity index (χ0n) is 8.82.